The zero-order valence-electron chi connectivity index (χ0n) is 14.7. The number of alkyl halides is 3. The Bertz CT molecular complexity index is 928. The van der Waals surface area contributed by atoms with Crippen LogP contribution in [0.25, 0.3) is 0 Å². The summed E-state index contributed by atoms with van der Waals surface area (Å²) >= 11 is 0. The quantitative estimate of drug-likeness (QED) is 0.569. The maximum absolute atomic E-state index is 13.1. The van der Waals surface area contributed by atoms with E-state index in [1.807, 2.05) is 0 Å². The number of ether oxygens (including phenoxy) is 1. The zero-order valence-corrected chi connectivity index (χ0v) is 14.7. The molecule has 0 spiro atoms. The second kappa shape index (κ2) is 8.84. The fourth-order valence-electron chi connectivity index (χ4n) is 2.53. The molecule has 0 aromatic heterocycles. The summed E-state index contributed by atoms with van der Waals surface area (Å²) in [7, 11) is 0. The summed E-state index contributed by atoms with van der Waals surface area (Å²) in [4.78, 5) is 34.6. The normalized spacial score (nSPS) is 13.5. The van der Waals surface area contributed by atoms with Gasteiger partial charge in [0.1, 0.15) is 6.04 Å². The van der Waals surface area contributed by atoms with Crippen LogP contribution in [0, 0.1) is 0 Å². The van der Waals surface area contributed by atoms with E-state index in [0.29, 0.717) is 0 Å². The predicted molar refractivity (Wildman–Crippen MR) is 93.1 cm³/mol. The molecule has 0 amide bonds. The fraction of sp³-hybridized carbons (Fsp3) is 0.211. The van der Waals surface area contributed by atoms with Crippen molar-refractivity contribution in [2.45, 2.75) is 24.9 Å². The maximum Gasteiger partial charge on any atom is 0.417 e. The molecule has 0 aliphatic carbocycles. The van der Waals surface area contributed by atoms with E-state index in [2.05, 4.69) is 0 Å². The molecule has 4 N–H and O–H groups in total. The molecule has 0 radical (unpaired) electrons. The van der Waals surface area contributed by atoms with Crippen molar-refractivity contribution in [3.63, 3.8) is 0 Å². The average Bonchev–Trinajstić information content (AvgIpc) is 2.66. The fourth-order valence-corrected chi connectivity index (χ4v) is 2.53. The van der Waals surface area contributed by atoms with Gasteiger partial charge in [0.05, 0.1) is 12.2 Å². The van der Waals surface area contributed by atoms with E-state index in [9.17, 15) is 27.6 Å². The third kappa shape index (κ3) is 5.39. The first-order valence-corrected chi connectivity index (χ1v) is 8.15. The summed E-state index contributed by atoms with van der Waals surface area (Å²) in [6.07, 6.45) is -6.56. The number of hydrogen-bond acceptors (Lipinski definition) is 5. The summed E-state index contributed by atoms with van der Waals surface area (Å²) < 4.78 is 44.5. The number of benzene rings is 2. The Hall–Kier alpha value is -3.24. The van der Waals surface area contributed by atoms with Gasteiger partial charge in [-0.1, -0.05) is 36.4 Å². The molecule has 0 saturated carbocycles. The maximum atomic E-state index is 13.1. The highest BCUT2D eigenvalue weighted by molar-refractivity contribution is 6.10. The van der Waals surface area contributed by atoms with Gasteiger partial charge in [-0.25, -0.2) is 4.79 Å². The summed E-state index contributed by atoms with van der Waals surface area (Å²) in [6.45, 7) is -0.417. The lowest BCUT2D eigenvalue weighted by molar-refractivity contribution is -0.159. The molecular weight excluding hydrogens is 395 g/mol. The van der Waals surface area contributed by atoms with Crippen molar-refractivity contribution in [1.29, 1.82) is 0 Å². The standard InChI is InChI=1S/C19H16F3NO6/c20-19(21,22)13-7-2-1-6-12(13)15(24)11-5-3-4-10(8-11)9-29-16(18(27)28)14(23)17(25)26/h1-8,14,16H,9,23H2,(H,25,26)(H,27,28)/t14-,16-/m0/s1. The number of carboxylic acid groups (broad SMARTS) is 2. The predicted octanol–water partition coefficient (Wildman–Crippen LogP) is 2.32. The minimum absolute atomic E-state index is 0.0720. The van der Waals surface area contributed by atoms with Crippen LogP contribution in [0.1, 0.15) is 27.0 Å². The molecule has 2 aromatic carbocycles. The van der Waals surface area contributed by atoms with Crippen LogP contribution >= 0.6 is 0 Å². The molecule has 2 aromatic rings. The summed E-state index contributed by atoms with van der Waals surface area (Å²) in [6, 6.07) is 7.87. The molecule has 0 aliphatic rings. The van der Waals surface area contributed by atoms with Gasteiger partial charge in [0, 0.05) is 11.1 Å². The Balaban J connectivity index is 2.25. The molecule has 29 heavy (non-hydrogen) atoms. The molecular formula is C19H16F3NO6. The van der Waals surface area contributed by atoms with Gasteiger partial charge in [0.2, 0.25) is 0 Å². The van der Waals surface area contributed by atoms with Crippen LogP contribution in [0.2, 0.25) is 0 Å². The number of aliphatic carboxylic acids is 2. The summed E-state index contributed by atoms with van der Waals surface area (Å²) in [5.74, 6) is -4.05. The first-order chi connectivity index (χ1) is 13.5. The lowest BCUT2D eigenvalue weighted by atomic mass is 9.97. The molecule has 2 rings (SSSR count). The highest BCUT2D eigenvalue weighted by Gasteiger charge is 2.35. The molecule has 10 heteroatoms. The van der Waals surface area contributed by atoms with Crippen molar-refractivity contribution in [3.8, 4) is 0 Å². The smallest absolute Gasteiger partial charge is 0.417 e. The monoisotopic (exact) mass is 411 g/mol. The van der Waals surface area contributed by atoms with Crippen LogP contribution in [0.5, 0.6) is 0 Å². The molecule has 7 nitrogen and oxygen atoms in total. The van der Waals surface area contributed by atoms with Crippen molar-refractivity contribution in [3.05, 3.63) is 70.8 Å². The number of ketones is 1. The average molecular weight is 411 g/mol. The highest BCUT2D eigenvalue weighted by atomic mass is 19.4. The lowest BCUT2D eigenvalue weighted by Gasteiger charge is -2.17. The van der Waals surface area contributed by atoms with Crippen LogP contribution in [0.3, 0.4) is 0 Å². The molecule has 154 valence electrons. The third-order valence-corrected chi connectivity index (χ3v) is 3.95. The number of halogens is 3. The van der Waals surface area contributed by atoms with Crippen LogP contribution < -0.4 is 5.73 Å². The zero-order chi connectivity index (χ0) is 21.8. The Morgan fingerprint density at radius 1 is 1.00 bits per heavy atom. The molecule has 0 fully saturated rings. The molecule has 0 aliphatic heterocycles. The summed E-state index contributed by atoms with van der Waals surface area (Å²) in [5, 5.41) is 17.9. The van der Waals surface area contributed by atoms with Gasteiger partial charge < -0.3 is 20.7 Å². The van der Waals surface area contributed by atoms with Crippen LogP contribution in [0.4, 0.5) is 13.2 Å². The van der Waals surface area contributed by atoms with Gasteiger partial charge in [-0.15, -0.1) is 0 Å². The first-order valence-electron chi connectivity index (χ1n) is 8.15. The van der Waals surface area contributed by atoms with E-state index in [0.717, 1.165) is 12.1 Å². The number of carboxylic acids is 2. The van der Waals surface area contributed by atoms with Gasteiger partial charge in [0.25, 0.3) is 0 Å². The van der Waals surface area contributed by atoms with Gasteiger partial charge in [-0.3, -0.25) is 9.59 Å². The van der Waals surface area contributed by atoms with Gasteiger partial charge in [-0.05, 0) is 17.7 Å². The first kappa shape index (κ1) is 22.1. The number of hydrogen-bond donors (Lipinski definition) is 3. The van der Waals surface area contributed by atoms with Crippen molar-refractivity contribution < 1.29 is 42.5 Å². The van der Waals surface area contributed by atoms with Gasteiger partial charge in [0.15, 0.2) is 11.9 Å². The SMILES string of the molecule is N[C@H](C(=O)O)[C@H](OCc1cccc(C(=O)c2ccccc2C(F)(F)F)c1)C(=O)O. The van der Waals surface area contributed by atoms with Crippen LogP contribution in [0.15, 0.2) is 48.5 Å². The van der Waals surface area contributed by atoms with E-state index < -0.39 is 53.8 Å². The molecule has 2 atom stereocenters. The van der Waals surface area contributed by atoms with Gasteiger partial charge in [-0.2, -0.15) is 13.2 Å². The Morgan fingerprint density at radius 3 is 2.24 bits per heavy atom. The second-order valence-corrected chi connectivity index (χ2v) is 6.01. The minimum atomic E-state index is -4.71. The van der Waals surface area contributed by atoms with Crippen molar-refractivity contribution in [2.24, 2.45) is 5.73 Å². The number of carbonyl (C=O) groups excluding carboxylic acids is 1. The number of carbonyl (C=O) groups is 3. The topological polar surface area (TPSA) is 127 Å². The molecule has 0 heterocycles. The van der Waals surface area contributed by atoms with E-state index in [-0.39, 0.29) is 11.1 Å². The van der Waals surface area contributed by atoms with E-state index in [4.69, 9.17) is 20.7 Å². The van der Waals surface area contributed by atoms with Gasteiger partial charge >= 0.3 is 18.1 Å². The van der Waals surface area contributed by atoms with E-state index in [1.54, 1.807) is 0 Å². The lowest BCUT2D eigenvalue weighted by Crippen LogP contribution is -2.47. The Morgan fingerprint density at radius 2 is 1.66 bits per heavy atom. The molecule has 0 unspecified atom stereocenters. The molecule has 0 saturated heterocycles. The van der Waals surface area contributed by atoms with Crippen LogP contribution in [-0.4, -0.2) is 40.1 Å². The third-order valence-electron chi connectivity index (χ3n) is 3.95. The van der Waals surface area contributed by atoms with Crippen molar-refractivity contribution in [2.75, 3.05) is 0 Å². The van der Waals surface area contributed by atoms with Crippen molar-refractivity contribution in [1.82, 2.24) is 0 Å². The van der Waals surface area contributed by atoms with Crippen LogP contribution in [-0.2, 0) is 27.1 Å². The second-order valence-electron chi connectivity index (χ2n) is 6.01. The highest BCUT2D eigenvalue weighted by Crippen LogP contribution is 2.32. The van der Waals surface area contributed by atoms with E-state index in [1.165, 1.54) is 36.4 Å². The Labute approximate surface area is 162 Å². The minimum Gasteiger partial charge on any atom is -0.480 e. The number of rotatable bonds is 8. The van der Waals surface area contributed by atoms with E-state index >= 15 is 0 Å². The van der Waals surface area contributed by atoms with Crippen molar-refractivity contribution >= 4 is 17.7 Å². The number of nitrogens with two attached hydrogens (primary N) is 1. The Kier molecular flexibility index (Phi) is 6.72. The molecule has 0 bridgehead atoms. The largest absolute Gasteiger partial charge is 0.480 e. The summed E-state index contributed by atoms with van der Waals surface area (Å²) in [5.41, 5.74) is 3.84.